The maximum absolute atomic E-state index is 9.36. The first-order valence-electron chi connectivity index (χ1n) is 6.02. The molecule has 3 atom stereocenters. The molecule has 0 amide bonds. The number of imidazole rings is 1. The van der Waals surface area contributed by atoms with Gasteiger partial charge in [-0.3, -0.25) is 4.57 Å². The standard InChI is InChI=1S/C11H15N5O3/c1-12-9-8-10(14-4-13-9)16(5-15-8)11-6(2-17)7(3-18)19-11/h4-7,11,17-18H,2-3H2,1H3,(H,12,13,14)/t6-,7-,11-/m1/s1. The molecule has 0 spiro atoms. The molecule has 0 unspecified atom stereocenters. The number of rotatable bonds is 4. The second kappa shape index (κ2) is 4.72. The quantitative estimate of drug-likeness (QED) is 0.675. The second-order valence-electron chi connectivity index (χ2n) is 4.39. The Hall–Kier alpha value is -1.77. The van der Waals surface area contributed by atoms with Gasteiger partial charge in [0.05, 0.1) is 31.6 Å². The Morgan fingerprint density at radius 3 is 2.84 bits per heavy atom. The monoisotopic (exact) mass is 265 g/mol. The van der Waals surface area contributed by atoms with Crippen LogP contribution in [0.2, 0.25) is 0 Å². The molecule has 3 rings (SSSR count). The highest BCUT2D eigenvalue weighted by Gasteiger charge is 2.43. The zero-order valence-corrected chi connectivity index (χ0v) is 10.4. The van der Waals surface area contributed by atoms with E-state index in [1.807, 2.05) is 0 Å². The van der Waals surface area contributed by atoms with Crippen molar-refractivity contribution in [1.82, 2.24) is 19.5 Å². The lowest BCUT2D eigenvalue weighted by Crippen LogP contribution is -2.49. The smallest absolute Gasteiger partial charge is 0.167 e. The van der Waals surface area contributed by atoms with Crippen molar-refractivity contribution in [2.75, 3.05) is 25.6 Å². The number of nitrogens with one attached hydrogen (secondary N) is 1. The number of anilines is 1. The molecule has 1 aliphatic heterocycles. The molecule has 0 aromatic carbocycles. The maximum Gasteiger partial charge on any atom is 0.167 e. The van der Waals surface area contributed by atoms with Gasteiger partial charge in [-0.05, 0) is 0 Å². The first-order valence-corrected chi connectivity index (χ1v) is 6.02. The maximum atomic E-state index is 9.36. The molecule has 0 bridgehead atoms. The van der Waals surface area contributed by atoms with E-state index in [1.54, 1.807) is 17.9 Å². The van der Waals surface area contributed by atoms with Gasteiger partial charge < -0.3 is 20.3 Å². The van der Waals surface area contributed by atoms with Crippen LogP contribution in [0.5, 0.6) is 0 Å². The van der Waals surface area contributed by atoms with Crippen molar-refractivity contribution in [3.63, 3.8) is 0 Å². The number of aliphatic hydroxyl groups excluding tert-OH is 2. The highest BCUT2D eigenvalue weighted by molar-refractivity contribution is 5.82. The average Bonchev–Trinajstić information content (AvgIpc) is 2.82. The van der Waals surface area contributed by atoms with Crippen LogP contribution < -0.4 is 5.32 Å². The molecule has 1 aliphatic rings. The normalized spacial score (nSPS) is 26.4. The Kier molecular flexibility index (Phi) is 3.05. The molecule has 2 aromatic heterocycles. The molecule has 3 N–H and O–H groups in total. The molecular weight excluding hydrogens is 250 g/mol. The molecule has 0 saturated carbocycles. The van der Waals surface area contributed by atoms with E-state index in [4.69, 9.17) is 9.84 Å². The van der Waals surface area contributed by atoms with Crippen molar-refractivity contribution in [1.29, 1.82) is 0 Å². The minimum absolute atomic E-state index is 0.0560. The highest BCUT2D eigenvalue weighted by Crippen LogP contribution is 2.38. The van der Waals surface area contributed by atoms with Gasteiger partial charge in [0.2, 0.25) is 0 Å². The average molecular weight is 265 g/mol. The van der Waals surface area contributed by atoms with Gasteiger partial charge in [-0.25, -0.2) is 15.0 Å². The third-order valence-electron chi connectivity index (χ3n) is 3.42. The Balaban J connectivity index is 1.98. The van der Waals surface area contributed by atoms with Crippen molar-refractivity contribution < 1.29 is 14.9 Å². The summed E-state index contributed by atoms with van der Waals surface area (Å²) in [5.41, 5.74) is 1.29. The van der Waals surface area contributed by atoms with Crippen LogP contribution in [-0.2, 0) is 4.74 Å². The first kappa shape index (κ1) is 12.3. The fourth-order valence-corrected chi connectivity index (χ4v) is 2.35. The lowest BCUT2D eigenvalue weighted by Gasteiger charge is -2.43. The summed E-state index contributed by atoms with van der Waals surface area (Å²) in [5, 5.41) is 21.4. The molecule has 1 fully saturated rings. The lowest BCUT2D eigenvalue weighted by molar-refractivity contribution is -0.243. The third-order valence-corrected chi connectivity index (χ3v) is 3.42. The molecule has 3 heterocycles. The van der Waals surface area contributed by atoms with Crippen LogP contribution in [0.1, 0.15) is 6.23 Å². The summed E-state index contributed by atoms with van der Waals surface area (Å²) in [5.74, 6) is 0.484. The van der Waals surface area contributed by atoms with E-state index in [2.05, 4.69) is 20.3 Å². The summed E-state index contributed by atoms with van der Waals surface area (Å²) in [7, 11) is 1.76. The minimum Gasteiger partial charge on any atom is -0.396 e. The van der Waals surface area contributed by atoms with E-state index in [0.29, 0.717) is 17.0 Å². The third kappa shape index (κ3) is 1.76. The van der Waals surface area contributed by atoms with Gasteiger partial charge in [0.25, 0.3) is 0 Å². The summed E-state index contributed by atoms with van der Waals surface area (Å²) in [6.07, 6.45) is 2.37. The molecule has 8 nitrogen and oxygen atoms in total. The topological polar surface area (TPSA) is 105 Å². The number of ether oxygens (including phenoxy) is 1. The highest BCUT2D eigenvalue weighted by atomic mass is 16.5. The predicted molar refractivity (Wildman–Crippen MR) is 66.4 cm³/mol. The Labute approximate surface area is 109 Å². The minimum atomic E-state index is -0.355. The van der Waals surface area contributed by atoms with Crippen molar-refractivity contribution in [3.8, 4) is 0 Å². The van der Waals surface area contributed by atoms with Crippen LogP contribution in [0, 0.1) is 5.92 Å². The number of hydrogen-bond acceptors (Lipinski definition) is 7. The van der Waals surface area contributed by atoms with E-state index in [9.17, 15) is 5.11 Å². The molecule has 1 saturated heterocycles. The zero-order valence-electron chi connectivity index (χ0n) is 10.4. The van der Waals surface area contributed by atoms with Gasteiger partial charge in [-0.15, -0.1) is 0 Å². The molecule has 102 valence electrons. The van der Waals surface area contributed by atoms with Gasteiger partial charge in [-0.1, -0.05) is 0 Å². The van der Waals surface area contributed by atoms with Gasteiger partial charge in [0.1, 0.15) is 18.1 Å². The van der Waals surface area contributed by atoms with Crippen LogP contribution in [-0.4, -0.2) is 56.1 Å². The molecular formula is C11H15N5O3. The van der Waals surface area contributed by atoms with Crippen molar-refractivity contribution >= 4 is 17.0 Å². The van der Waals surface area contributed by atoms with E-state index in [0.717, 1.165) is 0 Å². The van der Waals surface area contributed by atoms with Gasteiger partial charge >= 0.3 is 0 Å². The van der Waals surface area contributed by atoms with Gasteiger partial charge in [-0.2, -0.15) is 0 Å². The summed E-state index contributed by atoms with van der Waals surface area (Å²) in [6, 6.07) is 0. The number of nitrogens with zero attached hydrogens (tertiary/aromatic N) is 4. The van der Waals surface area contributed by atoms with Crippen LogP contribution in [0.3, 0.4) is 0 Å². The van der Waals surface area contributed by atoms with Gasteiger partial charge in [0, 0.05) is 7.05 Å². The number of fused-ring (bicyclic) bond motifs is 1. The molecule has 2 aromatic rings. The molecule has 0 radical (unpaired) electrons. The van der Waals surface area contributed by atoms with Gasteiger partial charge in [0.15, 0.2) is 11.5 Å². The Bertz CT molecular complexity index is 587. The van der Waals surface area contributed by atoms with E-state index >= 15 is 0 Å². The van der Waals surface area contributed by atoms with E-state index < -0.39 is 0 Å². The van der Waals surface area contributed by atoms with Crippen LogP contribution >= 0.6 is 0 Å². The number of hydrogen-bond donors (Lipinski definition) is 3. The Morgan fingerprint density at radius 1 is 1.32 bits per heavy atom. The summed E-state index contributed by atoms with van der Waals surface area (Å²) >= 11 is 0. The van der Waals surface area contributed by atoms with Crippen LogP contribution in [0.25, 0.3) is 11.2 Å². The SMILES string of the molecule is CNc1ncnc2c1ncn2[C@@H]1O[C@H](CO)[C@H]1CO. The van der Waals surface area contributed by atoms with Crippen LogP contribution in [0.4, 0.5) is 5.82 Å². The molecule has 19 heavy (non-hydrogen) atoms. The summed E-state index contributed by atoms with van der Waals surface area (Å²) in [6.45, 7) is -0.162. The summed E-state index contributed by atoms with van der Waals surface area (Å²) < 4.78 is 7.30. The fraction of sp³-hybridized carbons (Fsp3) is 0.545. The molecule has 0 aliphatic carbocycles. The number of aromatic nitrogens is 4. The van der Waals surface area contributed by atoms with Crippen LogP contribution in [0.15, 0.2) is 12.7 Å². The second-order valence-corrected chi connectivity index (χ2v) is 4.39. The van der Waals surface area contributed by atoms with E-state index in [1.165, 1.54) is 6.33 Å². The molecule has 8 heteroatoms. The fourth-order valence-electron chi connectivity index (χ4n) is 2.35. The number of aliphatic hydroxyl groups is 2. The zero-order chi connectivity index (χ0) is 13.4. The first-order chi connectivity index (χ1) is 9.30. The van der Waals surface area contributed by atoms with Crippen molar-refractivity contribution in [2.24, 2.45) is 5.92 Å². The Morgan fingerprint density at radius 2 is 2.16 bits per heavy atom. The van der Waals surface area contributed by atoms with Crippen molar-refractivity contribution in [3.05, 3.63) is 12.7 Å². The lowest BCUT2D eigenvalue weighted by atomic mass is 9.95. The largest absolute Gasteiger partial charge is 0.396 e. The predicted octanol–water partition coefficient (Wildman–Crippen LogP) is -0.634. The van der Waals surface area contributed by atoms with E-state index in [-0.39, 0.29) is 31.5 Å². The summed E-state index contributed by atoms with van der Waals surface area (Å²) in [4.78, 5) is 12.5. The van der Waals surface area contributed by atoms with Crippen molar-refractivity contribution in [2.45, 2.75) is 12.3 Å².